The van der Waals surface area contributed by atoms with E-state index in [4.69, 9.17) is 18.0 Å². The maximum Gasteiger partial charge on any atom is 0.251 e. The molecule has 1 aliphatic rings. The molecule has 2 rings (SSSR count). The monoisotopic (exact) mass is 326 g/mol. The van der Waals surface area contributed by atoms with Crippen LogP contribution in [0.15, 0.2) is 28.7 Å². The highest BCUT2D eigenvalue weighted by Gasteiger charge is 2.30. The van der Waals surface area contributed by atoms with Crippen LogP contribution in [0.1, 0.15) is 29.6 Å². The molecule has 0 bridgehead atoms. The first-order chi connectivity index (χ1) is 8.58. The summed E-state index contributed by atoms with van der Waals surface area (Å²) < 4.78 is 0.896. The molecule has 1 saturated carbocycles. The Morgan fingerprint density at radius 2 is 2.22 bits per heavy atom. The van der Waals surface area contributed by atoms with Crippen molar-refractivity contribution in [2.75, 3.05) is 0 Å². The van der Waals surface area contributed by atoms with E-state index in [1.54, 1.807) is 12.1 Å². The Kier molecular flexibility index (Phi) is 4.35. The van der Waals surface area contributed by atoms with Crippen LogP contribution in [0.25, 0.3) is 0 Å². The number of benzene rings is 1. The minimum Gasteiger partial charge on any atom is -0.393 e. The van der Waals surface area contributed by atoms with Crippen molar-refractivity contribution in [3.05, 3.63) is 34.3 Å². The maximum atomic E-state index is 12.1. The Labute approximate surface area is 120 Å². The molecule has 5 heteroatoms. The van der Waals surface area contributed by atoms with E-state index in [1.165, 1.54) is 0 Å². The molecule has 96 valence electrons. The van der Waals surface area contributed by atoms with Crippen LogP contribution in [0.4, 0.5) is 0 Å². The number of carbonyl (C=O) groups is 1. The fraction of sp³-hybridized carbons (Fsp3) is 0.385. The summed E-state index contributed by atoms with van der Waals surface area (Å²) in [6, 6.07) is 7.42. The molecule has 0 aromatic heterocycles. The van der Waals surface area contributed by atoms with Gasteiger partial charge in [-0.1, -0.05) is 40.6 Å². The van der Waals surface area contributed by atoms with E-state index in [0.717, 1.165) is 23.7 Å². The van der Waals surface area contributed by atoms with Crippen LogP contribution >= 0.6 is 28.1 Å². The Balaban J connectivity index is 2.05. The van der Waals surface area contributed by atoms with Crippen molar-refractivity contribution < 1.29 is 4.79 Å². The lowest BCUT2D eigenvalue weighted by Gasteiger charge is -2.19. The summed E-state index contributed by atoms with van der Waals surface area (Å²) in [5.41, 5.74) is 6.35. The normalized spacial score (nSPS) is 22.7. The number of hydrogen-bond donors (Lipinski definition) is 2. The molecule has 0 aliphatic heterocycles. The van der Waals surface area contributed by atoms with Gasteiger partial charge in [0.1, 0.15) is 0 Å². The third-order valence-corrected chi connectivity index (χ3v) is 4.08. The molecule has 3 N–H and O–H groups in total. The molecule has 0 saturated heterocycles. The Morgan fingerprint density at radius 1 is 1.44 bits per heavy atom. The highest BCUT2D eigenvalue weighted by atomic mass is 79.9. The predicted molar refractivity (Wildman–Crippen MR) is 79.5 cm³/mol. The second-order valence-corrected chi connectivity index (χ2v) is 5.92. The van der Waals surface area contributed by atoms with Crippen molar-refractivity contribution in [1.29, 1.82) is 0 Å². The third-order valence-electron chi connectivity index (χ3n) is 3.28. The molecular formula is C13H15BrN2OS. The summed E-state index contributed by atoms with van der Waals surface area (Å²) in [6.07, 6.45) is 2.98. The SMILES string of the molecule is NC(=S)C1CCCC1NC(=O)c1cccc(Br)c1. The molecule has 18 heavy (non-hydrogen) atoms. The lowest BCUT2D eigenvalue weighted by molar-refractivity contribution is 0.0933. The summed E-state index contributed by atoms with van der Waals surface area (Å²) in [5.74, 6) is 0.0700. The average molecular weight is 327 g/mol. The first-order valence-electron chi connectivity index (χ1n) is 5.93. The van der Waals surface area contributed by atoms with E-state index in [-0.39, 0.29) is 17.9 Å². The van der Waals surface area contributed by atoms with Crippen molar-refractivity contribution in [2.24, 2.45) is 11.7 Å². The van der Waals surface area contributed by atoms with Gasteiger partial charge in [0, 0.05) is 22.0 Å². The zero-order chi connectivity index (χ0) is 13.1. The number of nitrogens with one attached hydrogen (secondary N) is 1. The van der Waals surface area contributed by atoms with E-state index in [2.05, 4.69) is 21.2 Å². The number of amides is 1. The Morgan fingerprint density at radius 3 is 2.89 bits per heavy atom. The molecular weight excluding hydrogens is 312 g/mol. The number of rotatable bonds is 3. The fourth-order valence-corrected chi connectivity index (χ4v) is 3.04. The zero-order valence-corrected chi connectivity index (χ0v) is 12.3. The van der Waals surface area contributed by atoms with E-state index >= 15 is 0 Å². The maximum absolute atomic E-state index is 12.1. The fourth-order valence-electron chi connectivity index (χ4n) is 2.35. The molecule has 1 aromatic carbocycles. The molecule has 2 atom stereocenters. The van der Waals surface area contributed by atoms with E-state index in [1.807, 2.05) is 12.1 Å². The lowest BCUT2D eigenvalue weighted by Crippen LogP contribution is -2.41. The number of thiocarbonyl (C=S) groups is 1. The molecule has 1 aromatic rings. The number of halogens is 1. The van der Waals surface area contributed by atoms with E-state index < -0.39 is 0 Å². The molecule has 1 aliphatic carbocycles. The van der Waals surface area contributed by atoms with Crippen LogP contribution in [0.3, 0.4) is 0 Å². The summed E-state index contributed by atoms with van der Waals surface area (Å²) in [5, 5.41) is 3.03. The van der Waals surface area contributed by atoms with Crippen LogP contribution in [0, 0.1) is 5.92 Å². The molecule has 0 heterocycles. The second-order valence-electron chi connectivity index (χ2n) is 4.53. The van der Waals surface area contributed by atoms with Gasteiger partial charge in [-0.3, -0.25) is 4.79 Å². The smallest absolute Gasteiger partial charge is 0.251 e. The van der Waals surface area contributed by atoms with Gasteiger partial charge in [-0.2, -0.15) is 0 Å². The van der Waals surface area contributed by atoms with E-state index in [0.29, 0.717) is 10.6 Å². The Bertz CT molecular complexity index is 478. The Hall–Kier alpha value is -0.940. The lowest BCUT2D eigenvalue weighted by atomic mass is 10.0. The standard InChI is InChI=1S/C13H15BrN2OS/c14-9-4-1-3-8(7-9)13(17)16-11-6-2-5-10(11)12(15)18/h1,3-4,7,10-11H,2,5-6H2,(H2,15,18)(H,16,17). The quantitative estimate of drug-likeness (QED) is 0.839. The van der Waals surface area contributed by atoms with Crippen LogP contribution in [0.5, 0.6) is 0 Å². The molecule has 3 nitrogen and oxygen atoms in total. The first kappa shape index (κ1) is 13.5. The van der Waals surface area contributed by atoms with E-state index in [9.17, 15) is 4.79 Å². The van der Waals surface area contributed by atoms with Gasteiger partial charge in [-0.05, 0) is 31.0 Å². The average Bonchev–Trinajstić information content (AvgIpc) is 2.77. The summed E-state index contributed by atoms with van der Waals surface area (Å²) in [4.78, 5) is 12.6. The summed E-state index contributed by atoms with van der Waals surface area (Å²) in [6.45, 7) is 0. The van der Waals surface area contributed by atoms with Crippen molar-refractivity contribution in [3.8, 4) is 0 Å². The largest absolute Gasteiger partial charge is 0.393 e. The molecule has 2 unspecified atom stereocenters. The van der Waals surface area contributed by atoms with Crippen molar-refractivity contribution >= 4 is 39.0 Å². The van der Waals surface area contributed by atoms with Gasteiger partial charge >= 0.3 is 0 Å². The summed E-state index contributed by atoms with van der Waals surface area (Å²) >= 11 is 8.40. The second kappa shape index (κ2) is 5.80. The van der Waals surface area contributed by atoms with Crippen LogP contribution in [-0.2, 0) is 0 Å². The van der Waals surface area contributed by atoms with Gasteiger partial charge in [0.15, 0.2) is 0 Å². The van der Waals surface area contributed by atoms with Crippen molar-refractivity contribution in [2.45, 2.75) is 25.3 Å². The van der Waals surface area contributed by atoms with Crippen LogP contribution in [-0.4, -0.2) is 16.9 Å². The molecule has 0 spiro atoms. The van der Waals surface area contributed by atoms with Gasteiger partial charge in [0.05, 0.1) is 4.99 Å². The molecule has 1 amide bonds. The minimum atomic E-state index is -0.0653. The number of carbonyl (C=O) groups excluding carboxylic acids is 1. The van der Waals surface area contributed by atoms with Gasteiger partial charge < -0.3 is 11.1 Å². The zero-order valence-electron chi connectivity index (χ0n) is 9.86. The third kappa shape index (κ3) is 3.09. The van der Waals surface area contributed by atoms with Crippen molar-refractivity contribution in [1.82, 2.24) is 5.32 Å². The van der Waals surface area contributed by atoms with Crippen molar-refractivity contribution in [3.63, 3.8) is 0 Å². The van der Waals surface area contributed by atoms with Gasteiger partial charge in [-0.15, -0.1) is 0 Å². The van der Waals surface area contributed by atoms with Crippen LogP contribution in [0.2, 0.25) is 0 Å². The van der Waals surface area contributed by atoms with Crippen LogP contribution < -0.4 is 11.1 Å². The first-order valence-corrected chi connectivity index (χ1v) is 7.14. The molecule has 1 fully saturated rings. The summed E-state index contributed by atoms with van der Waals surface area (Å²) in [7, 11) is 0. The minimum absolute atomic E-state index is 0.0653. The topological polar surface area (TPSA) is 55.1 Å². The van der Waals surface area contributed by atoms with Gasteiger partial charge in [0.2, 0.25) is 0 Å². The number of nitrogens with two attached hydrogens (primary N) is 1. The predicted octanol–water partition coefficient (Wildman–Crippen LogP) is 2.63. The molecule has 0 radical (unpaired) electrons. The van der Waals surface area contributed by atoms with Gasteiger partial charge in [-0.25, -0.2) is 0 Å². The highest BCUT2D eigenvalue weighted by Crippen LogP contribution is 2.26. The number of hydrogen-bond acceptors (Lipinski definition) is 2. The highest BCUT2D eigenvalue weighted by molar-refractivity contribution is 9.10. The van der Waals surface area contributed by atoms with Gasteiger partial charge in [0.25, 0.3) is 5.91 Å².